The van der Waals surface area contributed by atoms with Gasteiger partial charge in [0.2, 0.25) is 0 Å². The molecule has 1 amide bonds. The third kappa shape index (κ3) is 4.80. The van der Waals surface area contributed by atoms with Crippen LogP contribution in [-0.2, 0) is 10.4 Å². The molecule has 2 N–H and O–H groups in total. The zero-order valence-corrected chi connectivity index (χ0v) is 16.6. The summed E-state index contributed by atoms with van der Waals surface area (Å²) in [6.07, 6.45) is 11.5. The quantitative estimate of drug-likeness (QED) is 0.687. The Morgan fingerprint density at radius 3 is 2.48 bits per heavy atom. The number of benzene rings is 1. The molecule has 2 fully saturated rings. The van der Waals surface area contributed by atoms with Crippen LogP contribution in [-0.4, -0.2) is 41.6 Å². The molecular weight excluding hydrogens is 336 g/mol. The molecule has 0 radical (unpaired) electrons. The van der Waals surface area contributed by atoms with E-state index in [1.165, 1.54) is 0 Å². The van der Waals surface area contributed by atoms with Crippen molar-refractivity contribution in [3.05, 3.63) is 48.0 Å². The van der Waals surface area contributed by atoms with Crippen LogP contribution in [0.15, 0.2) is 42.5 Å². The summed E-state index contributed by atoms with van der Waals surface area (Å²) < 4.78 is 0. The van der Waals surface area contributed by atoms with E-state index in [2.05, 4.69) is 29.3 Å². The van der Waals surface area contributed by atoms with E-state index in [1.807, 2.05) is 30.3 Å². The maximum Gasteiger partial charge on any atom is 0.257 e. The van der Waals surface area contributed by atoms with Gasteiger partial charge < -0.3 is 15.3 Å². The number of carbonyl (C=O) groups excluding carboxylic acids is 1. The second-order valence-corrected chi connectivity index (χ2v) is 8.02. The van der Waals surface area contributed by atoms with Gasteiger partial charge in [-0.1, -0.05) is 55.8 Å². The fourth-order valence-corrected chi connectivity index (χ4v) is 4.21. The van der Waals surface area contributed by atoms with E-state index in [-0.39, 0.29) is 17.9 Å². The largest absolute Gasteiger partial charge is 0.375 e. The predicted molar refractivity (Wildman–Crippen MR) is 109 cm³/mol. The highest BCUT2D eigenvalue weighted by atomic mass is 16.3. The van der Waals surface area contributed by atoms with E-state index < -0.39 is 5.60 Å². The van der Waals surface area contributed by atoms with Crippen LogP contribution < -0.4 is 5.32 Å². The minimum atomic E-state index is -1.39. The molecule has 148 valence electrons. The second-order valence-electron chi connectivity index (χ2n) is 8.02. The maximum absolute atomic E-state index is 13.1. The SMILES string of the molecule is CCC=CCCN1CCC(NC(=O)C(O)(c2ccccc2)C2CCC2)CC1. The van der Waals surface area contributed by atoms with Gasteiger partial charge in [-0.25, -0.2) is 0 Å². The number of rotatable bonds is 8. The van der Waals surface area contributed by atoms with Crippen LogP contribution in [0.2, 0.25) is 0 Å². The Hall–Kier alpha value is -1.65. The molecule has 0 aromatic heterocycles. The number of aliphatic hydroxyl groups is 1. The molecule has 1 heterocycles. The normalized spacial score (nSPS) is 21.7. The van der Waals surface area contributed by atoms with Gasteiger partial charge in [0.05, 0.1) is 0 Å². The van der Waals surface area contributed by atoms with Crippen LogP contribution in [0, 0.1) is 5.92 Å². The maximum atomic E-state index is 13.1. The molecular formula is C23H34N2O2. The Kier molecular flexibility index (Phi) is 7.08. The van der Waals surface area contributed by atoms with Crippen molar-refractivity contribution in [1.82, 2.24) is 10.2 Å². The van der Waals surface area contributed by atoms with E-state index in [9.17, 15) is 9.90 Å². The number of piperidine rings is 1. The third-order valence-electron chi connectivity index (χ3n) is 6.19. The number of hydrogen-bond donors (Lipinski definition) is 2. The molecule has 1 saturated carbocycles. The van der Waals surface area contributed by atoms with Gasteiger partial charge in [-0.05, 0) is 44.1 Å². The lowest BCUT2D eigenvalue weighted by atomic mass is 9.69. The average molecular weight is 371 g/mol. The van der Waals surface area contributed by atoms with E-state index in [4.69, 9.17) is 0 Å². The smallest absolute Gasteiger partial charge is 0.257 e. The molecule has 1 aliphatic heterocycles. The van der Waals surface area contributed by atoms with Gasteiger partial charge in [0.1, 0.15) is 0 Å². The summed E-state index contributed by atoms with van der Waals surface area (Å²) in [5.41, 5.74) is -0.658. The summed E-state index contributed by atoms with van der Waals surface area (Å²) in [5.74, 6) is -0.173. The number of carbonyl (C=O) groups is 1. The van der Waals surface area contributed by atoms with Crippen LogP contribution in [0.3, 0.4) is 0 Å². The van der Waals surface area contributed by atoms with Gasteiger partial charge in [0, 0.05) is 31.6 Å². The van der Waals surface area contributed by atoms with E-state index >= 15 is 0 Å². The highest BCUT2D eigenvalue weighted by Crippen LogP contribution is 2.42. The number of amides is 1. The van der Waals surface area contributed by atoms with Crippen molar-refractivity contribution in [2.45, 2.75) is 63.5 Å². The van der Waals surface area contributed by atoms with Gasteiger partial charge >= 0.3 is 0 Å². The lowest BCUT2D eigenvalue weighted by Gasteiger charge is -2.42. The number of allylic oxidation sites excluding steroid dienone is 1. The highest BCUT2D eigenvalue weighted by molar-refractivity contribution is 5.87. The summed E-state index contributed by atoms with van der Waals surface area (Å²) in [4.78, 5) is 15.6. The highest BCUT2D eigenvalue weighted by Gasteiger charge is 2.48. The first-order valence-corrected chi connectivity index (χ1v) is 10.6. The van der Waals surface area contributed by atoms with Gasteiger partial charge in [-0.15, -0.1) is 0 Å². The standard InChI is InChI=1S/C23H34N2O2/c1-2-3-4-8-16-25-17-14-21(15-18-25)24-22(26)23(27,20-12-9-13-20)19-10-6-5-7-11-19/h3-7,10-11,20-21,27H,2,8-9,12-18H2,1H3,(H,24,26). The van der Waals surface area contributed by atoms with Gasteiger partial charge in [0.25, 0.3) is 5.91 Å². The predicted octanol–water partition coefficient (Wildman–Crippen LogP) is 3.61. The monoisotopic (exact) mass is 370 g/mol. The van der Waals surface area contributed by atoms with Crippen molar-refractivity contribution >= 4 is 5.91 Å². The zero-order chi connectivity index (χ0) is 19.1. The molecule has 4 heteroatoms. The molecule has 4 nitrogen and oxygen atoms in total. The molecule has 3 rings (SSSR count). The molecule has 1 aromatic rings. The topological polar surface area (TPSA) is 52.6 Å². The Morgan fingerprint density at radius 1 is 1.19 bits per heavy atom. The zero-order valence-electron chi connectivity index (χ0n) is 16.6. The number of hydrogen-bond acceptors (Lipinski definition) is 3. The summed E-state index contributed by atoms with van der Waals surface area (Å²) in [7, 11) is 0. The average Bonchev–Trinajstić information content (AvgIpc) is 2.65. The van der Waals surface area contributed by atoms with Gasteiger partial charge in [-0.3, -0.25) is 4.79 Å². The number of nitrogens with zero attached hydrogens (tertiary/aromatic N) is 1. The van der Waals surface area contributed by atoms with Crippen molar-refractivity contribution in [1.29, 1.82) is 0 Å². The lowest BCUT2D eigenvalue weighted by molar-refractivity contribution is -0.153. The van der Waals surface area contributed by atoms with Gasteiger partial charge in [-0.2, -0.15) is 0 Å². The van der Waals surface area contributed by atoms with E-state index in [1.54, 1.807) is 0 Å². The molecule has 1 unspecified atom stereocenters. The molecule has 1 aliphatic carbocycles. The van der Waals surface area contributed by atoms with Crippen LogP contribution in [0.5, 0.6) is 0 Å². The van der Waals surface area contributed by atoms with Gasteiger partial charge in [0.15, 0.2) is 5.60 Å². The fourth-order valence-electron chi connectivity index (χ4n) is 4.21. The fraction of sp³-hybridized carbons (Fsp3) is 0.609. The molecule has 2 aliphatic rings. The molecule has 1 saturated heterocycles. The first-order valence-electron chi connectivity index (χ1n) is 10.6. The first kappa shape index (κ1) is 20.1. The first-order chi connectivity index (χ1) is 13.1. The van der Waals surface area contributed by atoms with E-state index in [0.29, 0.717) is 0 Å². The molecule has 0 bridgehead atoms. The number of likely N-dealkylation sites (tertiary alicyclic amines) is 1. The summed E-state index contributed by atoms with van der Waals surface area (Å²) in [6, 6.07) is 9.65. The van der Waals surface area contributed by atoms with Crippen molar-refractivity contribution in [3.8, 4) is 0 Å². The minimum Gasteiger partial charge on any atom is -0.375 e. The van der Waals surface area contributed by atoms with Crippen LogP contribution in [0.4, 0.5) is 0 Å². The molecule has 27 heavy (non-hydrogen) atoms. The number of nitrogens with one attached hydrogen (secondary N) is 1. The lowest BCUT2D eigenvalue weighted by Crippen LogP contribution is -2.55. The van der Waals surface area contributed by atoms with Crippen LogP contribution >= 0.6 is 0 Å². The molecule has 1 atom stereocenters. The molecule has 0 spiro atoms. The Labute approximate surface area is 163 Å². The summed E-state index contributed by atoms with van der Waals surface area (Å²) in [6.45, 7) is 5.27. The van der Waals surface area contributed by atoms with Crippen LogP contribution in [0.1, 0.15) is 57.4 Å². The van der Waals surface area contributed by atoms with E-state index in [0.717, 1.165) is 70.1 Å². The van der Waals surface area contributed by atoms with Crippen molar-refractivity contribution < 1.29 is 9.90 Å². The Bertz CT molecular complexity index is 619. The summed E-state index contributed by atoms with van der Waals surface area (Å²) >= 11 is 0. The van der Waals surface area contributed by atoms with Crippen molar-refractivity contribution in [3.63, 3.8) is 0 Å². The summed E-state index contributed by atoms with van der Waals surface area (Å²) in [5, 5.41) is 14.6. The second kappa shape index (κ2) is 9.52. The third-order valence-corrected chi connectivity index (χ3v) is 6.19. The van der Waals surface area contributed by atoms with Crippen molar-refractivity contribution in [2.75, 3.05) is 19.6 Å². The Morgan fingerprint density at radius 2 is 1.89 bits per heavy atom. The van der Waals surface area contributed by atoms with Crippen molar-refractivity contribution in [2.24, 2.45) is 5.92 Å². The molecule has 1 aromatic carbocycles. The van der Waals surface area contributed by atoms with Crippen LogP contribution in [0.25, 0.3) is 0 Å². The minimum absolute atomic E-state index is 0.0327. The Balaban J connectivity index is 1.55.